The van der Waals surface area contributed by atoms with Crippen LogP contribution >= 0.6 is 0 Å². The van der Waals surface area contributed by atoms with Gasteiger partial charge in [-0.05, 0) is 19.9 Å². The molecule has 0 spiro atoms. The number of allylic oxidation sites excluding steroid dienone is 1. The van der Waals surface area contributed by atoms with Gasteiger partial charge in [0.25, 0.3) is 5.56 Å². The van der Waals surface area contributed by atoms with Gasteiger partial charge in [0, 0.05) is 12.6 Å². The van der Waals surface area contributed by atoms with Crippen LogP contribution in [0.5, 0.6) is 11.5 Å². The van der Waals surface area contributed by atoms with Crippen LogP contribution in [0.4, 0.5) is 0 Å². The SMILES string of the molecule is C=CCn1c(=O)[nH]c2cc(OCC)c(OCC)cc2c1=O. The van der Waals surface area contributed by atoms with E-state index in [1.54, 1.807) is 12.1 Å². The number of aromatic amines is 1. The summed E-state index contributed by atoms with van der Waals surface area (Å²) >= 11 is 0. The number of hydrogen-bond donors (Lipinski definition) is 1. The average molecular weight is 290 g/mol. The Kier molecular flexibility index (Phi) is 4.47. The molecule has 0 bridgehead atoms. The van der Waals surface area contributed by atoms with Crippen LogP contribution in [0.3, 0.4) is 0 Å². The molecule has 1 N–H and O–H groups in total. The standard InChI is InChI=1S/C15H18N2O4/c1-4-7-17-14(18)10-8-12(20-5-2)13(21-6-3)9-11(10)16-15(17)19/h4,8-9H,1,5-7H2,2-3H3,(H,16,19). The van der Waals surface area contributed by atoms with E-state index in [9.17, 15) is 9.59 Å². The molecule has 2 aromatic rings. The molecule has 0 fully saturated rings. The van der Waals surface area contributed by atoms with Gasteiger partial charge in [-0.3, -0.25) is 9.36 Å². The topological polar surface area (TPSA) is 73.3 Å². The molecule has 1 aromatic heterocycles. The summed E-state index contributed by atoms with van der Waals surface area (Å²) in [4.78, 5) is 27.0. The van der Waals surface area contributed by atoms with Gasteiger partial charge in [0.1, 0.15) is 0 Å². The van der Waals surface area contributed by atoms with Gasteiger partial charge < -0.3 is 14.5 Å². The van der Waals surface area contributed by atoms with E-state index in [1.165, 1.54) is 6.08 Å². The predicted octanol–water partition coefficient (Wildman–Crippen LogP) is 1.67. The molecule has 0 atom stereocenters. The van der Waals surface area contributed by atoms with Crippen molar-refractivity contribution in [1.82, 2.24) is 9.55 Å². The Bertz CT molecular complexity index is 774. The number of nitrogens with one attached hydrogen (secondary N) is 1. The number of ether oxygens (including phenoxy) is 2. The Morgan fingerprint density at radius 1 is 1.19 bits per heavy atom. The summed E-state index contributed by atoms with van der Waals surface area (Å²) in [6.07, 6.45) is 1.50. The average Bonchev–Trinajstić information content (AvgIpc) is 2.45. The van der Waals surface area contributed by atoms with Gasteiger partial charge in [-0.1, -0.05) is 6.08 Å². The lowest BCUT2D eigenvalue weighted by Gasteiger charge is -2.12. The molecule has 0 aliphatic heterocycles. The van der Waals surface area contributed by atoms with E-state index in [1.807, 2.05) is 13.8 Å². The van der Waals surface area contributed by atoms with Crippen LogP contribution in [0.15, 0.2) is 34.4 Å². The van der Waals surface area contributed by atoms with Crippen molar-refractivity contribution in [2.45, 2.75) is 20.4 Å². The van der Waals surface area contributed by atoms with E-state index in [0.717, 1.165) is 4.57 Å². The maximum atomic E-state index is 12.4. The largest absolute Gasteiger partial charge is 0.490 e. The molecular weight excluding hydrogens is 272 g/mol. The molecule has 1 aromatic carbocycles. The monoisotopic (exact) mass is 290 g/mol. The van der Waals surface area contributed by atoms with E-state index < -0.39 is 5.69 Å². The van der Waals surface area contributed by atoms with Crippen molar-refractivity contribution >= 4 is 10.9 Å². The first-order chi connectivity index (χ1) is 10.1. The maximum Gasteiger partial charge on any atom is 0.329 e. The first kappa shape index (κ1) is 14.9. The maximum absolute atomic E-state index is 12.4. The highest BCUT2D eigenvalue weighted by molar-refractivity contribution is 5.81. The summed E-state index contributed by atoms with van der Waals surface area (Å²) in [5.74, 6) is 0.990. The summed E-state index contributed by atoms with van der Waals surface area (Å²) in [6, 6.07) is 3.21. The fourth-order valence-corrected chi connectivity index (χ4v) is 2.09. The van der Waals surface area contributed by atoms with Crippen LogP contribution in [0.25, 0.3) is 10.9 Å². The van der Waals surface area contributed by atoms with Gasteiger partial charge in [0.15, 0.2) is 11.5 Å². The smallest absolute Gasteiger partial charge is 0.329 e. The van der Waals surface area contributed by atoms with E-state index in [4.69, 9.17) is 9.47 Å². The number of hydrogen-bond acceptors (Lipinski definition) is 4. The van der Waals surface area contributed by atoms with Crippen molar-refractivity contribution in [1.29, 1.82) is 0 Å². The fourth-order valence-electron chi connectivity index (χ4n) is 2.09. The van der Waals surface area contributed by atoms with Crippen molar-refractivity contribution in [3.05, 3.63) is 45.6 Å². The Hall–Kier alpha value is -2.50. The van der Waals surface area contributed by atoms with Crippen molar-refractivity contribution in [3.8, 4) is 11.5 Å². The molecular formula is C15H18N2O4. The molecule has 1 heterocycles. The first-order valence-corrected chi connectivity index (χ1v) is 6.79. The zero-order valence-corrected chi connectivity index (χ0v) is 12.1. The number of nitrogens with zero attached hydrogens (tertiary/aromatic N) is 1. The molecule has 6 nitrogen and oxygen atoms in total. The molecule has 0 saturated heterocycles. The minimum Gasteiger partial charge on any atom is -0.490 e. The highest BCUT2D eigenvalue weighted by Crippen LogP contribution is 2.30. The van der Waals surface area contributed by atoms with Gasteiger partial charge in [-0.25, -0.2) is 4.79 Å². The number of fused-ring (bicyclic) bond motifs is 1. The third-order valence-electron chi connectivity index (χ3n) is 2.96. The quantitative estimate of drug-likeness (QED) is 0.821. The molecule has 0 radical (unpaired) electrons. The lowest BCUT2D eigenvalue weighted by atomic mass is 10.2. The molecule has 0 saturated carbocycles. The second-order valence-electron chi connectivity index (χ2n) is 4.35. The zero-order valence-electron chi connectivity index (χ0n) is 12.1. The van der Waals surface area contributed by atoms with Crippen molar-refractivity contribution in [3.63, 3.8) is 0 Å². The fraction of sp³-hybridized carbons (Fsp3) is 0.333. The lowest BCUT2D eigenvalue weighted by Crippen LogP contribution is -2.34. The summed E-state index contributed by atoms with van der Waals surface area (Å²) in [5, 5.41) is 0.378. The van der Waals surface area contributed by atoms with Crippen LogP contribution in [0.2, 0.25) is 0 Å². The minimum atomic E-state index is -0.473. The second kappa shape index (κ2) is 6.30. The van der Waals surface area contributed by atoms with Gasteiger partial charge in [0.05, 0.1) is 24.1 Å². The molecule has 2 rings (SSSR count). The summed E-state index contributed by atoms with van der Waals surface area (Å²) in [7, 11) is 0. The number of H-pyrrole nitrogens is 1. The zero-order chi connectivity index (χ0) is 15.4. The first-order valence-electron chi connectivity index (χ1n) is 6.79. The molecule has 6 heteroatoms. The number of benzene rings is 1. The van der Waals surface area contributed by atoms with Gasteiger partial charge in [-0.2, -0.15) is 0 Å². The highest BCUT2D eigenvalue weighted by atomic mass is 16.5. The van der Waals surface area contributed by atoms with E-state index >= 15 is 0 Å². The number of rotatable bonds is 6. The molecule has 0 aliphatic carbocycles. The van der Waals surface area contributed by atoms with Crippen LogP contribution in [0.1, 0.15) is 13.8 Å². The van der Waals surface area contributed by atoms with Gasteiger partial charge in [-0.15, -0.1) is 6.58 Å². The van der Waals surface area contributed by atoms with Gasteiger partial charge >= 0.3 is 5.69 Å². The molecule has 0 aliphatic rings. The van der Waals surface area contributed by atoms with Crippen molar-refractivity contribution in [2.24, 2.45) is 0 Å². The lowest BCUT2D eigenvalue weighted by molar-refractivity contribution is 0.288. The summed E-state index contributed by atoms with van der Waals surface area (Å²) in [6.45, 7) is 8.32. The van der Waals surface area contributed by atoms with Crippen LogP contribution in [0, 0.1) is 0 Å². The van der Waals surface area contributed by atoms with E-state index in [-0.39, 0.29) is 12.1 Å². The van der Waals surface area contributed by atoms with E-state index in [2.05, 4.69) is 11.6 Å². The number of aromatic nitrogens is 2. The van der Waals surface area contributed by atoms with Crippen LogP contribution < -0.4 is 20.7 Å². The Balaban J connectivity index is 2.75. The Morgan fingerprint density at radius 3 is 2.38 bits per heavy atom. The molecule has 21 heavy (non-hydrogen) atoms. The van der Waals surface area contributed by atoms with Gasteiger partial charge in [0.2, 0.25) is 0 Å². The molecule has 0 unspecified atom stereocenters. The normalized spacial score (nSPS) is 10.6. The van der Waals surface area contributed by atoms with E-state index in [0.29, 0.717) is 35.6 Å². The molecule has 0 amide bonds. The van der Waals surface area contributed by atoms with Crippen LogP contribution in [-0.4, -0.2) is 22.8 Å². The summed E-state index contributed by atoms with van der Waals surface area (Å²) in [5.41, 5.74) is -0.422. The van der Waals surface area contributed by atoms with Crippen LogP contribution in [-0.2, 0) is 6.54 Å². The molecule has 112 valence electrons. The second-order valence-corrected chi connectivity index (χ2v) is 4.35. The highest BCUT2D eigenvalue weighted by Gasteiger charge is 2.12. The Morgan fingerprint density at radius 2 is 1.81 bits per heavy atom. The third kappa shape index (κ3) is 2.84. The Labute approximate surface area is 121 Å². The minimum absolute atomic E-state index is 0.154. The third-order valence-corrected chi connectivity index (χ3v) is 2.96. The van der Waals surface area contributed by atoms with Crippen molar-refractivity contribution < 1.29 is 9.47 Å². The predicted molar refractivity (Wildman–Crippen MR) is 81.4 cm³/mol. The summed E-state index contributed by atoms with van der Waals surface area (Å²) < 4.78 is 12.1. The van der Waals surface area contributed by atoms with Crippen molar-refractivity contribution in [2.75, 3.05) is 13.2 Å².